The van der Waals surface area contributed by atoms with Crippen molar-refractivity contribution >= 4 is 11.6 Å². The summed E-state index contributed by atoms with van der Waals surface area (Å²) in [5, 5.41) is 0.230. The lowest BCUT2D eigenvalue weighted by Gasteiger charge is -2.30. The molecule has 2 nitrogen and oxygen atoms in total. The topological polar surface area (TPSA) is 38.0 Å². The first-order valence-corrected chi connectivity index (χ1v) is 6.99. The Morgan fingerprint density at radius 2 is 2.06 bits per heavy atom. The van der Waals surface area contributed by atoms with Gasteiger partial charge in [-0.2, -0.15) is 0 Å². The first kappa shape index (κ1) is 13.8. The Kier molecular flexibility index (Phi) is 4.98. The number of hydrogen-bond acceptors (Lipinski definition) is 2. The molecule has 3 N–H and O–H groups in total. The zero-order valence-corrected chi connectivity index (χ0v) is 11.2. The molecule has 1 unspecified atom stereocenters. The molecule has 0 amide bonds. The summed E-state index contributed by atoms with van der Waals surface area (Å²) in [6.45, 7) is 0. The van der Waals surface area contributed by atoms with Crippen LogP contribution in [0.1, 0.15) is 37.7 Å². The van der Waals surface area contributed by atoms with Gasteiger partial charge in [-0.25, -0.2) is 4.39 Å². The Morgan fingerprint density at radius 1 is 1.33 bits per heavy atom. The van der Waals surface area contributed by atoms with E-state index >= 15 is 0 Å². The van der Waals surface area contributed by atoms with Gasteiger partial charge in [0.15, 0.2) is 0 Å². The molecule has 100 valence electrons. The molecule has 0 saturated heterocycles. The summed E-state index contributed by atoms with van der Waals surface area (Å²) in [4.78, 5) is 0. The zero-order valence-electron chi connectivity index (χ0n) is 10.5. The quantitative estimate of drug-likeness (QED) is 0.650. The fourth-order valence-electron chi connectivity index (χ4n) is 2.84. The van der Waals surface area contributed by atoms with E-state index in [4.69, 9.17) is 17.4 Å². The number of hydrazine groups is 1. The Balaban J connectivity index is 2.07. The lowest BCUT2D eigenvalue weighted by Crippen LogP contribution is -2.43. The number of nitrogens with one attached hydrogen (secondary N) is 1. The van der Waals surface area contributed by atoms with Crippen molar-refractivity contribution in [2.24, 2.45) is 11.8 Å². The van der Waals surface area contributed by atoms with Gasteiger partial charge in [0.2, 0.25) is 0 Å². The summed E-state index contributed by atoms with van der Waals surface area (Å²) in [6.07, 6.45) is 6.93. The van der Waals surface area contributed by atoms with E-state index in [9.17, 15) is 4.39 Å². The van der Waals surface area contributed by atoms with Gasteiger partial charge in [0, 0.05) is 6.04 Å². The molecule has 1 aliphatic carbocycles. The van der Waals surface area contributed by atoms with Crippen molar-refractivity contribution in [3.63, 3.8) is 0 Å². The Morgan fingerprint density at radius 3 is 2.72 bits per heavy atom. The second kappa shape index (κ2) is 6.50. The van der Waals surface area contributed by atoms with Crippen molar-refractivity contribution in [3.05, 3.63) is 34.6 Å². The third-order valence-corrected chi connectivity index (χ3v) is 4.33. The summed E-state index contributed by atoms with van der Waals surface area (Å²) in [7, 11) is 0. The van der Waals surface area contributed by atoms with Gasteiger partial charge in [0.05, 0.1) is 5.02 Å². The van der Waals surface area contributed by atoms with Crippen LogP contribution in [0.15, 0.2) is 18.2 Å². The molecule has 0 radical (unpaired) electrons. The normalized spacial score (nSPS) is 18.8. The third kappa shape index (κ3) is 3.22. The predicted octanol–water partition coefficient (Wildman–Crippen LogP) is 3.43. The predicted molar refractivity (Wildman–Crippen MR) is 72.8 cm³/mol. The molecule has 1 aromatic carbocycles. The van der Waals surface area contributed by atoms with Crippen LogP contribution >= 0.6 is 11.6 Å². The minimum absolute atomic E-state index is 0.185. The van der Waals surface area contributed by atoms with Crippen molar-refractivity contribution in [2.45, 2.75) is 44.6 Å². The number of halogens is 2. The van der Waals surface area contributed by atoms with Crippen LogP contribution in [0.3, 0.4) is 0 Å². The minimum Gasteiger partial charge on any atom is -0.271 e. The molecule has 1 saturated carbocycles. The van der Waals surface area contributed by atoms with Crippen LogP contribution in [0.25, 0.3) is 0 Å². The smallest absolute Gasteiger partial charge is 0.142 e. The van der Waals surface area contributed by atoms with Crippen molar-refractivity contribution in [3.8, 4) is 0 Å². The van der Waals surface area contributed by atoms with E-state index < -0.39 is 0 Å². The van der Waals surface area contributed by atoms with Crippen LogP contribution in [-0.2, 0) is 6.42 Å². The Hall–Kier alpha value is -0.640. The highest BCUT2D eigenvalue weighted by Gasteiger charge is 2.23. The van der Waals surface area contributed by atoms with Crippen molar-refractivity contribution in [2.75, 3.05) is 0 Å². The third-order valence-electron chi connectivity index (χ3n) is 3.90. The van der Waals surface area contributed by atoms with Crippen LogP contribution < -0.4 is 11.3 Å². The Bertz CT molecular complexity index is 391. The largest absolute Gasteiger partial charge is 0.271 e. The molecule has 18 heavy (non-hydrogen) atoms. The molecule has 1 atom stereocenters. The van der Waals surface area contributed by atoms with Crippen LogP contribution in [0.5, 0.6) is 0 Å². The van der Waals surface area contributed by atoms with E-state index in [1.54, 1.807) is 6.07 Å². The standard InChI is InChI=1S/C14H20ClFN2/c15-14-11(7-4-8-12(14)16)9-13(18-17)10-5-2-1-3-6-10/h4,7-8,10,13,18H,1-3,5-6,9,17H2. The molecular formula is C14H20ClFN2. The molecule has 0 aromatic heterocycles. The summed E-state index contributed by atoms with van der Waals surface area (Å²) >= 11 is 5.99. The monoisotopic (exact) mass is 270 g/mol. The van der Waals surface area contributed by atoms with Gasteiger partial charge in [-0.15, -0.1) is 0 Å². The molecule has 4 heteroatoms. The van der Waals surface area contributed by atoms with Crippen LogP contribution in [-0.4, -0.2) is 6.04 Å². The summed E-state index contributed by atoms with van der Waals surface area (Å²) in [5.41, 5.74) is 3.72. The highest BCUT2D eigenvalue weighted by atomic mass is 35.5. The maximum Gasteiger partial charge on any atom is 0.142 e. The average molecular weight is 271 g/mol. The van der Waals surface area contributed by atoms with Gasteiger partial charge in [-0.3, -0.25) is 11.3 Å². The first-order chi connectivity index (χ1) is 8.72. The number of nitrogens with two attached hydrogens (primary N) is 1. The number of hydrogen-bond donors (Lipinski definition) is 2. The maximum absolute atomic E-state index is 13.4. The van der Waals surface area contributed by atoms with Crippen LogP contribution in [0.2, 0.25) is 5.02 Å². The van der Waals surface area contributed by atoms with Crippen LogP contribution in [0.4, 0.5) is 4.39 Å². The van der Waals surface area contributed by atoms with E-state index in [2.05, 4.69) is 5.43 Å². The van der Waals surface area contributed by atoms with Gasteiger partial charge in [0.1, 0.15) is 5.82 Å². The van der Waals surface area contributed by atoms with E-state index in [-0.39, 0.29) is 16.9 Å². The molecule has 2 rings (SSSR count). The molecule has 0 aliphatic heterocycles. The van der Waals surface area contributed by atoms with Gasteiger partial charge in [-0.05, 0) is 36.8 Å². The average Bonchev–Trinajstić information content (AvgIpc) is 2.41. The van der Waals surface area contributed by atoms with Crippen molar-refractivity contribution in [1.82, 2.24) is 5.43 Å². The molecule has 1 aliphatic rings. The summed E-state index contributed by atoms with van der Waals surface area (Å²) in [5.74, 6) is 5.87. The molecular weight excluding hydrogens is 251 g/mol. The highest BCUT2D eigenvalue weighted by Crippen LogP contribution is 2.29. The molecule has 0 heterocycles. The summed E-state index contributed by atoms with van der Waals surface area (Å²) < 4.78 is 13.4. The minimum atomic E-state index is -0.353. The van der Waals surface area contributed by atoms with E-state index in [1.165, 1.54) is 38.2 Å². The fraction of sp³-hybridized carbons (Fsp3) is 0.571. The molecule has 1 fully saturated rings. The Labute approximate surface area is 113 Å². The SMILES string of the molecule is NNC(Cc1cccc(F)c1Cl)C1CCCCC1. The zero-order chi connectivity index (χ0) is 13.0. The number of benzene rings is 1. The van der Waals surface area contributed by atoms with Gasteiger partial charge in [0.25, 0.3) is 0 Å². The second-order valence-corrected chi connectivity index (χ2v) is 5.47. The highest BCUT2D eigenvalue weighted by molar-refractivity contribution is 6.31. The van der Waals surface area contributed by atoms with Crippen molar-refractivity contribution in [1.29, 1.82) is 0 Å². The molecule has 1 aromatic rings. The lowest BCUT2D eigenvalue weighted by atomic mass is 9.82. The van der Waals surface area contributed by atoms with Gasteiger partial charge in [-0.1, -0.05) is 43.0 Å². The summed E-state index contributed by atoms with van der Waals surface area (Å²) in [6, 6.07) is 5.14. The van der Waals surface area contributed by atoms with Gasteiger partial charge < -0.3 is 0 Å². The molecule has 0 bridgehead atoms. The first-order valence-electron chi connectivity index (χ1n) is 6.61. The van der Waals surface area contributed by atoms with Gasteiger partial charge >= 0.3 is 0 Å². The second-order valence-electron chi connectivity index (χ2n) is 5.09. The molecule has 0 spiro atoms. The lowest BCUT2D eigenvalue weighted by molar-refractivity contribution is 0.268. The number of rotatable bonds is 4. The fourth-order valence-corrected chi connectivity index (χ4v) is 3.04. The maximum atomic E-state index is 13.4. The van der Waals surface area contributed by atoms with E-state index in [0.29, 0.717) is 12.3 Å². The van der Waals surface area contributed by atoms with Crippen LogP contribution in [0, 0.1) is 11.7 Å². The van der Waals surface area contributed by atoms with Crippen molar-refractivity contribution < 1.29 is 4.39 Å². The van der Waals surface area contributed by atoms with E-state index in [0.717, 1.165) is 5.56 Å². The van der Waals surface area contributed by atoms with E-state index in [1.807, 2.05) is 6.07 Å².